The van der Waals surface area contributed by atoms with Gasteiger partial charge in [0.05, 0.1) is 0 Å². The molecule has 0 saturated heterocycles. The summed E-state index contributed by atoms with van der Waals surface area (Å²) in [5.74, 6) is 0. The first-order chi connectivity index (χ1) is 5.27. The Kier molecular flexibility index (Phi) is 1.61. The van der Waals surface area contributed by atoms with Gasteiger partial charge < -0.3 is 0 Å². The molecule has 2 rings (SSSR count). The molecular weight excluding hydrogens is 134 g/mol. The largest absolute Gasteiger partial charge is 0.293 e. The smallest absolute Gasteiger partial charge is 0.0239 e. The van der Waals surface area contributed by atoms with Crippen molar-refractivity contribution in [1.29, 1.82) is 0 Å². The molecule has 0 aromatic heterocycles. The third kappa shape index (κ3) is 1.14. The molecule has 1 aliphatic carbocycles. The van der Waals surface area contributed by atoms with Gasteiger partial charge >= 0.3 is 0 Å². The Morgan fingerprint density at radius 3 is 2.82 bits per heavy atom. The Hall–Kier alpha value is -0.560. The van der Waals surface area contributed by atoms with Crippen LogP contribution in [0.2, 0.25) is 0 Å². The second-order valence-corrected chi connectivity index (χ2v) is 3.73. The van der Waals surface area contributed by atoms with Crippen LogP contribution in [-0.4, -0.2) is 24.0 Å². The first-order valence-electron chi connectivity index (χ1n) is 4.39. The SMILES string of the molecule is CC(C)N1CC2=C(CC=C2)C1. The summed E-state index contributed by atoms with van der Waals surface area (Å²) in [7, 11) is 0. The number of nitrogens with zero attached hydrogens (tertiary/aromatic N) is 1. The number of allylic oxidation sites excluding steroid dienone is 1. The van der Waals surface area contributed by atoms with Crippen molar-refractivity contribution in [3.8, 4) is 0 Å². The van der Waals surface area contributed by atoms with E-state index in [1.165, 1.54) is 19.5 Å². The van der Waals surface area contributed by atoms with Crippen LogP contribution < -0.4 is 0 Å². The van der Waals surface area contributed by atoms with Gasteiger partial charge in [-0.1, -0.05) is 12.2 Å². The molecule has 0 amide bonds. The number of rotatable bonds is 1. The lowest BCUT2D eigenvalue weighted by Gasteiger charge is -2.20. The standard InChI is InChI=1S/C10H15N/c1-8(2)11-6-9-4-3-5-10(9)7-11/h3-4,8H,5-7H2,1-2H3. The number of hydrogen-bond donors (Lipinski definition) is 0. The second-order valence-electron chi connectivity index (χ2n) is 3.73. The molecule has 0 unspecified atom stereocenters. The van der Waals surface area contributed by atoms with Crippen LogP contribution in [0.1, 0.15) is 20.3 Å². The quantitative estimate of drug-likeness (QED) is 0.551. The summed E-state index contributed by atoms with van der Waals surface area (Å²) in [6, 6.07) is 0.703. The van der Waals surface area contributed by atoms with Crippen molar-refractivity contribution in [2.24, 2.45) is 0 Å². The third-order valence-electron chi connectivity index (χ3n) is 2.64. The van der Waals surface area contributed by atoms with Crippen LogP contribution in [0.25, 0.3) is 0 Å². The second kappa shape index (κ2) is 2.49. The van der Waals surface area contributed by atoms with Gasteiger partial charge in [0.1, 0.15) is 0 Å². The summed E-state index contributed by atoms with van der Waals surface area (Å²) in [5.41, 5.74) is 3.23. The van der Waals surface area contributed by atoms with E-state index in [0.29, 0.717) is 6.04 Å². The van der Waals surface area contributed by atoms with Gasteiger partial charge in [0.25, 0.3) is 0 Å². The van der Waals surface area contributed by atoms with E-state index in [0.717, 1.165) is 0 Å². The normalized spacial score (nSPS) is 23.9. The van der Waals surface area contributed by atoms with Crippen LogP contribution in [0.15, 0.2) is 23.3 Å². The van der Waals surface area contributed by atoms with E-state index in [-0.39, 0.29) is 0 Å². The molecule has 0 spiro atoms. The monoisotopic (exact) mass is 149 g/mol. The van der Waals surface area contributed by atoms with Crippen molar-refractivity contribution in [1.82, 2.24) is 4.90 Å². The fraction of sp³-hybridized carbons (Fsp3) is 0.600. The van der Waals surface area contributed by atoms with Crippen LogP contribution in [-0.2, 0) is 0 Å². The van der Waals surface area contributed by atoms with Crippen molar-refractivity contribution in [3.63, 3.8) is 0 Å². The fourth-order valence-electron chi connectivity index (χ4n) is 1.81. The van der Waals surface area contributed by atoms with Gasteiger partial charge in [0.2, 0.25) is 0 Å². The average molecular weight is 149 g/mol. The van der Waals surface area contributed by atoms with Crippen molar-refractivity contribution in [2.75, 3.05) is 13.1 Å². The summed E-state index contributed by atoms with van der Waals surface area (Å²) in [5, 5.41) is 0. The molecule has 0 radical (unpaired) electrons. The van der Waals surface area contributed by atoms with Crippen LogP contribution in [0.5, 0.6) is 0 Å². The fourth-order valence-corrected chi connectivity index (χ4v) is 1.81. The highest BCUT2D eigenvalue weighted by Gasteiger charge is 2.23. The topological polar surface area (TPSA) is 3.24 Å². The highest BCUT2D eigenvalue weighted by atomic mass is 15.2. The van der Waals surface area contributed by atoms with Crippen molar-refractivity contribution < 1.29 is 0 Å². The van der Waals surface area contributed by atoms with E-state index >= 15 is 0 Å². The maximum absolute atomic E-state index is 2.52. The van der Waals surface area contributed by atoms with E-state index in [1.54, 1.807) is 11.1 Å². The Morgan fingerprint density at radius 1 is 1.36 bits per heavy atom. The van der Waals surface area contributed by atoms with Gasteiger partial charge in [-0.3, -0.25) is 4.90 Å². The molecule has 2 aliphatic rings. The van der Waals surface area contributed by atoms with Crippen molar-refractivity contribution in [2.45, 2.75) is 26.3 Å². The van der Waals surface area contributed by atoms with E-state index in [4.69, 9.17) is 0 Å². The molecule has 60 valence electrons. The molecule has 0 fully saturated rings. The summed E-state index contributed by atoms with van der Waals surface area (Å²) >= 11 is 0. The summed E-state index contributed by atoms with van der Waals surface area (Å²) < 4.78 is 0. The van der Waals surface area contributed by atoms with Gasteiger partial charge in [-0.25, -0.2) is 0 Å². The van der Waals surface area contributed by atoms with Gasteiger partial charge in [0.15, 0.2) is 0 Å². The van der Waals surface area contributed by atoms with E-state index in [1.807, 2.05) is 0 Å². The molecule has 0 aromatic rings. The molecule has 1 nitrogen and oxygen atoms in total. The Morgan fingerprint density at radius 2 is 2.18 bits per heavy atom. The zero-order chi connectivity index (χ0) is 7.84. The zero-order valence-corrected chi connectivity index (χ0v) is 7.30. The first kappa shape index (κ1) is 7.11. The summed E-state index contributed by atoms with van der Waals surface area (Å²) in [4.78, 5) is 2.52. The van der Waals surface area contributed by atoms with E-state index in [2.05, 4.69) is 30.9 Å². The molecule has 0 atom stereocenters. The molecule has 0 saturated carbocycles. The number of hydrogen-bond acceptors (Lipinski definition) is 1. The molecule has 1 aliphatic heterocycles. The molecule has 11 heavy (non-hydrogen) atoms. The molecule has 0 bridgehead atoms. The van der Waals surface area contributed by atoms with E-state index < -0.39 is 0 Å². The maximum atomic E-state index is 2.52. The third-order valence-corrected chi connectivity index (χ3v) is 2.64. The zero-order valence-electron chi connectivity index (χ0n) is 7.30. The van der Waals surface area contributed by atoms with Gasteiger partial charge in [-0.15, -0.1) is 0 Å². The Labute approximate surface area is 68.4 Å². The lowest BCUT2D eigenvalue weighted by atomic mass is 10.2. The first-order valence-corrected chi connectivity index (χ1v) is 4.39. The van der Waals surface area contributed by atoms with Crippen LogP contribution in [0.3, 0.4) is 0 Å². The minimum Gasteiger partial charge on any atom is -0.293 e. The minimum atomic E-state index is 0.703. The van der Waals surface area contributed by atoms with Crippen LogP contribution in [0.4, 0.5) is 0 Å². The molecule has 0 aromatic carbocycles. The predicted octanol–water partition coefficient (Wildman–Crippen LogP) is 1.97. The van der Waals surface area contributed by atoms with Gasteiger partial charge in [0, 0.05) is 19.1 Å². The Bertz CT molecular complexity index is 223. The van der Waals surface area contributed by atoms with Crippen LogP contribution >= 0.6 is 0 Å². The van der Waals surface area contributed by atoms with Crippen LogP contribution in [0, 0.1) is 0 Å². The highest BCUT2D eigenvalue weighted by Crippen LogP contribution is 2.27. The lowest BCUT2D eigenvalue weighted by Crippen LogP contribution is -2.29. The molecule has 1 heterocycles. The van der Waals surface area contributed by atoms with Gasteiger partial charge in [-0.05, 0) is 31.4 Å². The molecular formula is C10H15N. The maximum Gasteiger partial charge on any atom is 0.0239 e. The molecule has 1 heteroatoms. The average Bonchev–Trinajstić information content (AvgIpc) is 2.40. The van der Waals surface area contributed by atoms with Crippen molar-refractivity contribution in [3.05, 3.63) is 23.3 Å². The highest BCUT2D eigenvalue weighted by molar-refractivity contribution is 5.39. The lowest BCUT2D eigenvalue weighted by molar-refractivity contribution is 0.281. The van der Waals surface area contributed by atoms with Crippen molar-refractivity contribution >= 4 is 0 Å². The summed E-state index contributed by atoms with van der Waals surface area (Å²) in [6.07, 6.45) is 5.78. The summed E-state index contributed by atoms with van der Waals surface area (Å²) in [6.45, 7) is 6.93. The molecule has 0 N–H and O–H groups in total. The van der Waals surface area contributed by atoms with Gasteiger partial charge in [-0.2, -0.15) is 0 Å². The Balaban J connectivity index is 2.05. The predicted molar refractivity (Wildman–Crippen MR) is 47.5 cm³/mol. The van der Waals surface area contributed by atoms with E-state index in [9.17, 15) is 0 Å². The minimum absolute atomic E-state index is 0.703.